The topological polar surface area (TPSA) is 102 Å². The molecule has 7 nitrogen and oxygen atoms in total. The second-order valence-electron chi connectivity index (χ2n) is 7.43. The molecule has 0 fully saturated rings. The molecule has 0 bridgehead atoms. The predicted molar refractivity (Wildman–Crippen MR) is 102 cm³/mol. The number of rotatable bonds is 2. The number of hydrogen-bond acceptors (Lipinski definition) is 5. The number of aromatic nitrogens is 5. The first kappa shape index (κ1) is 16.3. The number of carbonyl (C=O) groups excluding carboxylic acids is 1. The van der Waals surface area contributed by atoms with Gasteiger partial charge in [0.05, 0.1) is 16.6 Å². The van der Waals surface area contributed by atoms with Crippen LogP contribution in [0.3, 0.4) is 0 Å². The van der Waals surface area contributed by atoms with Gasteiger partial charge in [0.2, 0.25) is 0 Å². The van der Waals surface area contributed by atoms with Crippen LogP contribution in [0.2, 0.25) is 0 Å². The van der Waals surface area contributed by atoms with E-state index in [1.54, 1.807) is 6.92 Å². The Labute approximate surface area is 150 Å². The number of nitrogen functional groups attached to an aromatic ring is 1. The van der Waals surface area contributed by atoms with Crippen LogP contribution < -0.4 is 5.73 Å². The smallest absolute Gasteiger partial charge is 0.175 e. The Balaban J connectivity index is 1.99. The van der Waals surface area contributed by atoms with Gasteiger partial charge < -0.3 is 10.7 Å². The van der Waals surface area contributed by atoms with Crippen molar-refractivity contribution in [2.45, 2.75) is 33.2 Å². The highest BCUT2D eigenvalue weighted by Gasteiger charge is 2.24. The zero-order chi connectivity index (χ0) is 18.6. The molecule has 0 atom stereocenters. The van der Waals surface area contributed by atoms with Crippen molar-refractivity contribution in [1.82, 2.24) is 24.7 Å². The van der Waals surface area contributed by atoms with Crippen molar-refractivity contribution in [2.24, 2.45) is 0 Å². The first-order valence-corrected chi connectivity index (χ1v) is 8.39. The molecule has 0 radical (unpaired) electrons. The number of nitrogens with one attached hydrogen (secondary N) is 1. The summed E-state index contributed by atoms with van der Waals surface area (Å²) >= 11 is 0. The standard InChI is InChI=1S/C19H20N6O/c1-10(26)13-7-11-5-6-12(8-14(11)23-13)16-15-17(20)21-9-22-18(15)25(24-16)19(2,3)4/h5-9,23H,1-4H3,(H2,20,21,22). The average Bonchev–Trinajstić information content (AvgIpc) is 3.16. The van der Waals surface area contributed by atoms with Crippen molar-refractivity contribution in [3.05, 3.63) is 36.3 Å². The van der Waals surface area contributed by atoms with E-state index in [0.717, 1.165) is 27.5 Å². The molecule has 3 aromatic heterocycles. The van der Waals surface area contributed by atoms with E-state index in [1.807, 2.05) is 28.9 Å². The number of nitrogens with zero attached hydrogens (tertiary/aromatic N) is 4. The van der Waals surface area contributed by atoms with Gasteiger partial charge in [-0.15, -0.1) is 0 Å². The molecule has 0 amide bonds. The molecule has 0 aliphatic rings. The van der Waals surface area contributed by atoms with Crippen LogP contribution in [-0.4, -0.2) is 30.5 Å². The molecule has 3 heterocycles. The Kier molecular flexibility index (Phi) is 3.37. The van der Waals surface area contributed by atoms with Crippen molar-refractivity contribution in [3.8, 4) is 11.3 Å². The number of benzene rings is 1. The maximum Gasteiger partial charge on any atom is 0.175 e. The summed E-state index contributed by atoms with van der Waals surface area (Å²) < 4.78 is 1.87. The number of H-pyrrole nitrogens is 1. The van der Waals surface area contributed by atoms with Crippen molar-refractivity contribution in [1.29, 1.82) is 0 Å². The Bertz CT molecular complexity index is 1160. The fourth-order valence-corrected chi connectivity index (χ4v) is 3.11. The summed E-state index contributed by atoms with van der Waals surface area (Å²) in [5, 5.41) is 6.50. The number of Topliss-reactive ketones (excluding diaryl/α,β-unsaturated/α-hetero) is 1. The minimum Gasteiger partial charge on any atom is -0.383 e. The second kappa shape index (κ2) is 5.39. The van der Waals surface area contributed by atoms with E-state index in [1.165, 1.54) is 6.33 Å². The minimum absolute atomic E-state index is 0.00264. The normalized spacial score (nSPS) is 12.2. The molecule has 4 rings (SSSR count). The highest BCUT2D eigenvalue weighted by atomic mass is 16.1. The summed E-state index contributed by atoms with van der Waals surface area (Å²) in [7, 11) is 0. The van der Waals surface area contributed by atoms with Gasteiger partial charge in [-0.05, 0) is 32.9 Å². The van der Waals surface area contributed by atoms with Crippen molar-refractivity contribution in [3.63, 3.8) is 0 Å². The molecule has 0 saturated heterocycles. The summed E-state index contributed by atoms with van der Waals surface area (Å²) in [6.45, 7) is 7.74. The Morgan fingerprint density at radius 2 is 1.96 bits per heavy atom. The van der Waals surface area contributed by atoms with Gasteiger partial charge in [-0.3, -0.25) is 4.79 Å². The maximum atomic E-state index is 11.6. The van der Waals surface area contributed by atoms with Crippen LogP contribution in [0.25, 0.3) is 33.2 Å². The lowest BCUT2D eigenvalue weighted by Gasteiger charge is -2.19. The molecule has 7 heteroatoms. The summed E-state index contributed by atoms with van der Waals surface area (Å²) in [6.07, 6.45) is 1.46. The van der Waals surface area contributed by atoms with Gasteiger partial charge in [0.15, 0.2) is 11.4 Å². The number of fused-ring (bicyclic) bond motifs is 2. The second-order valence-corrected chi connectivity index (χ2v) is 7.43. The molecule has 4 aromatic rings. The average molecular weight is 348 g/mol. The SMILES string of the molecule is CC(=O)c1cc2ccc(-c3nn(C(C)(C)C)c4ncnc(N)c34)cc2[nH]1. The molecule has 1 aromatic carbocycles. The monoisotopic (exact) mass is 348 g/mol. The van der Waals surface area contributed by atoms with Crippen molar-refractivity contribution in [2.75, 3.05) is 5.73 Å². The lowest BCUT2D eigenvalue weighted by Crippen LogP contribution is -2.23. The van der Waals surface area contributed by atoms with Gasteiger partial charge in [-0.25, -0.2) is 14.6 Å². The molecule has 3 N–H and O–H groups in total. The van der Waals surface area contributed by atoms with Crippen LogP contribution in [0, 0.1) is 0 Å². The lowest BCUT2D eigenvalue weighted by atomic mass is 10.1. The summed E-state index contributed by atoms with van der Waals surface area (Å²) in [5.41, 5.74) is 9.69. The van der Waals surface area contributed by atoms with Gasteiger partial charge in [0.25, 0.3) is 0 Å². The zero-order valence-corrected chi connectivity index (χ0v) is 15.2. The Morgan fingerprint density at radius 1 is 1.19 bits per heavy atom. The van der Waals surface area contributed by atoms with Crippen LogP contribution in [0.15, 0.2) is 30.6 Å². The Hall–Kier alpha value is -3.22. The molecular weight excluding hydrogens is 328 g/mol. The number of anilines is 1. The number of nitrogens with two attached hydrogens (primary N) is 1. The van der Waals surface area contributed by atoms with Crippen LogP contribution in [-0.2, 0) is 5.54 Å². The van der Waals surface area contributed by atoms with E-state index in [0.29, 0.717) is 17.2 Å². The summed E-state index contributed by atoms with van der Waals surface area (Å²) in [4.78, 5) is 23.3. The summed E-state index contributed by atoms with van der Waals surface area (Å²) in [6, 6.07) is 7.77. The molecule has 0 unspecified atom stereocenters. The maximum absolute atomic E-state index is 11.6. The van der Waals surface area contributed by atoms with E-state index in [9.17, 15) is 4.79 Å². The quantitative estimate of drug-likeness (QED) is 0.540. The molecule has 0 aliphatic heterocycles. The van der Waals surface area contributed by atoms with E-state index >= 15 is 0 Å². The van der Waals surface area contributed by atoms with Gasteiger partial charge in [0, 0.05) is 23.4 Å². The highest BCUT2D eigenvalue weighted by molar-refractivity contribution is 6.02. The van der Waals surface area contributed by atoms with E-state index in [2.05, 4.69) is 35.7 Å². The Morgan fingerprint density at radius 3 is 2.65 bits per heavy atom. The third kappa shape index (κ3) is 2.44. The molecule has 26 heavy (non-hydrogen) atoms. The predicted octanol–water partition coefficient (Wildman–Crippen LogP) is 3.51. The molecule has 0 aliphatic carbocycles. The minimum atomic E-state index is -0.254. The van der Waals surface area contributed by atoms with Gasteiger partial charge in [0.1, 0.15) is 17.8 Å². The van der Waals surface area contributed by atoms with Gasteiger partial charge in [-0.2, -0.15) is 5.10 Å². The summed E-state index contributed by atoms with van der Waals surface area (Å²) in [5.74, 6) is 0.402. The largest absolute Gasteiger partial charge is 0.383 e. The fourth-order valence-electron chi connectivity index (χ4n) is 3.11. The number of carbonyl (C=O) groups is 1. The fraction of sp³-hybridized carbons (Fsp3) is 0.263. The van der Waals surface area contributed by atoms with E-state index < -0.39 is 0 Å². The van der Waals surface area contributed by atoms with Crippen LogP contribution >= 0.6 is 0 Å². The third-order valence-corrected chi connectivity index (χ3v) is 4.40. The third-order valence-electron chi connectivity index (χ3n) is 4.40. The number of hydrogen-bond donors (Lipinski definition) is 2. The zero-order valence-electron chi connectivity index (χ0n) is 15.2. The van der Waals surface area contributed by atoms with Gasteiger partial charge >= 0.3 is 0 Å². The first-order valence-electron chi connectivity index (χ1n) is 8.39. The van der Waals surface area contributed by atoms with Crippen LogP contribution in [0.1, 0.15) is 38.2 Å². The lowest BCUT2D eigenvalue weighted by molar-refractivity contribution is 0.101. The van der Waals surface area contributed by atoms with Crippen LogP contribution in [0.4, 0.5) is 5.82 Å². The van der Waals surface area contributed by atoms with Crippen molar-refractivity contribution >= 4 is 33.5 Å². The number of ketones is 1. The van der Waals surface area contributed by atoms with E-state index in [-0.39, 0.29) is 11.3 Å². The molecular formula is C19H20N6O. The van der Waals surface area contributed by atoms with Gasteiger partial charge in [-0.1, -0.05) is 12.1 Å². The molecule has 132 valence electrons. The molecule has 0 saturated carbocycles. The molecule has 0 spiro atoms. The highest BCUT2D eigenvalue weighted by Crippen LogP contribution is 2.34. The van der Waals surface area contributed by atoms with Crippen molar-refractivity contribution < 1.29 is 4.79 Å². The number of aromatic amines is 1. The van der Waals surface area contributed by atoms with Crippen LogP contribution in [0.5, 0.6) is 0 Å². The first-order chi connectivity index (χ1) is 12.3. The van der Waals surface area contributed by atoms with E-state index in [4.69, 9.17) is 10.8 Å².